The van der Waals surface area contributed by atoms with Crippen molar-refractivity contribution in [1.29, 1.82) is 0 Å². The fraction of sp³-hybridized carbons (Fsp3) is 0.457. The lowest BCUT2D eigenvalue weighted by atomic mass is 9.99. The van der Waals surface area contributed by atoms with Crippen LogP contribution in [-0.4, -0.2) is 170 Å². The Kier molecular flexibility index (Phi) is 19.3. The number of ether oxygens (including phenoxy) is 2. The normalized spacial score (nSPS) is 22.2. The Morgan fingerprint density at radius 3 is 2.00 bits per heavy atom. The lowest BCUT2D eigenvalue weighted by molar-refractivity contribution is -0.277. The quantitative estimate of drug-likeness (QED) is 0.0451. The van der Waals surface area contributed by atoms with E-state index in [1.807, 2.05) is 0 Å². The zero-order valence-corrected chi connectivity index (χ0v) is 37.7. The molecule has 23 nitrogen and oxygen atoms in total. The van der Waals surface area contributed by atoms with Gasteiger partial charge in [0.1, 0.15) is 66.1 Å². The molecule has 3 aromatic carbocycles. The molecule has 11 atom stereocenters. The second-order valence-electron chi connectivity index (χ2n) is 16.8. The van der Waals surface area contributed by atoms with Crippen molar-refractivity contribution in [2.75, 3.05) is 26.3 Å². The molecule has 0 saturated carbocycles. The van der Waals surface area contributed by atoms with Gasteiger partial charge in [-0.05, 0) is 67.1 Å². The molecular weight excluding hydrogens is 905 g/mol. The van der Waals surface area contributed by atoms with Crippen LogP contribution in [0.4, 0.5) is 0 Å². The molecule has 23 heteroatoms. The first-order chi connectivity index (χ1) is 32.9. The van der Waals surface area contributed by atoms with Crippen LogP contribution in [0.25, 0.3) is 0 Å². The van der Waals surface area contributed by atoms with E-state index in [0.717, 1.165) is 0 Å². The Morgan fingerprint density at radius 1 is 0.739 bits per heavy atom. The molecule has 2 heterocycles. The number of likely N-dealkylation sites (tertiary alicyclic amines) is 1. The van der Waals surface area contributed by atoms with E-state index in [9.17, 15) is 64.2 Å². The molecule has 2 aliphatic heterocycles. The smallest absolute Gasteiger partial charge is 0.246 e. The molecule has 3 aromatic rings. The summed E-state index contributed by atoms with van der Waals surface area (Å²) >= 11 is 0. The minimum absolute atomic E-state index is 0.0128. The number of nitrogens with two attached hydrogens (primary N) is 2. The number of phenolic OH excluding ortho intramolecular Hbond substituents is 1. The number of rotatable bonds is 22. The number of aliphatic hydroxyl groups is 5. The van der Waals surface area contributed by atoms with Gasteiger partial charge in [-0.25, -0.2) is 0 Å². The van der Waals surface area contributed by atoms with Crippen LogP contribution in [0.3, 0.4) is 0 Å². The van der Waals surface area contributed by atoms with E-state index < -0.39 is 128 Å². The number of aromatic hydroxyl groups is 1. The number of primary amides is 1. The number of amides is 7. The van der Waals surface area contributed by atoms with Crippen molar-refractivity contribution in [3.8, 4) is 11.5 Å². The van der Waals surface area contributed by atoms with Gasteiger partial charge in [-0.15, -0.1) is 0 Å². The van der Waals surface area contributed by atoms with Gasteiger partial charge in [0.05, 0.1) is 25.8 Å². The van der Waals surface area contributed by atoms with Crippen molar-refractivity contribution in [3.63, 3.8) is 0 Å². The van der Waals surface area contributed by atoms with Crippen LogP contribution in [-0.2, 0) is 57.6 Å². The molecule has 0 aromatic heterocycles. The predicted molar refractivity (Wildman–Crippen MR) is 242 cm³/mol. The van der Waals surface area contributed by atoms with Crippen molar-refractivity contribution >= 4 is 41.4 Å². The Bertz CT molecular complexity index is 2240. The maximum atomic E-state index is 14.1. The van der Waals surface area contributed by atoms with Crippen LogP contribution >= 0.6 is 0 Å². The van der Waals surface area contributed by atoms with E-state index in [0.29, 0.717) is 23.1 Å². The van der Waals surface area contributed by atoms with E-state index in [1.54, 1.807) is 54.6 Å². The van der Waals surface area contributed by atoms with Crippen molar-refractivity contribution in [3.05, 3.63) is 95.6 Å². The number of carbonyl (C=O) groups is 7. The van der Waals surface area contributed by atoms with Crippen LogP contribution in [0.5, 0.6) is 11.5 Å². The highest BCUT2D eigenvalue weighted by molar-refractivity contribution is 5.96. The monoisotopic (exact) mass is 964 g/mol. The SMILES string of the molecule is C[C@@H](NC(=O)[C@@H](N)Cc1ccc(O[C@@H]2O[C@H](CO)[C@@H](O)[C@H](O)[C@H]2O)cc1)C(=O)N[C@@H](Cc1ccccc1)C(=O)NCC(=O)N[C@@H](Cc1ccc(O)cc1)C(=O)N1CCC[C@H]1C(=O)N[C@@H](CO)C(N)=O. The zero-order chi connectivity index (χ0) is 50.4. The summed E-state index contributed by atoms with van der Waals surface area (Å²) in [6.07, 6.45) is -6.82. The summed E-state index contributed by atoms with van der Waals surface area (Å²) in [5.41, 5.74) is 13.2. The van der Waals surface area contributed by atoms with Gasteiger partial charge in [0.25, 0.3) is 0 Å². The first-order valence-electron chi connectivity index (χ1n) is 22.2. The number of nitrogens with zero attached hydrogens (tertiary/aromatic N) is 1. The number of aliphatic hydroxyl groups excluding tert-OH is 5. The Morgan fingerprint density at radius 2 is 1.36 bits per heavy atom. The number of carbonyl (C=O) groups excluding carboxylic acids is 7. The Hall–Kier alpha value is -6.73. The highest BCUT2D eigenvalue weighted by Crippen LogP contribution is 2.25. The van der Waals surface area contributed by atoms with Crippen molar-refractivity contribution in [1.82, 2.24) is 31.5 Å². The first-order valence-corrected chi connectivity index (χ1v) is 22.2. The number of hydrogen-bond acceptors (Lipinski definition) is 16. The molecule has 15 N–H and O–H groups in total. The molecule has 69 heavy (non-hydrogen) atoms. The second kappa shape index (κ2) is 25.0. The van der Waals surface area contributed by atoms with E-state index in [-0.39, 0.29) is 43.7 Å². The van der Waals surface area contributed by atoms with Gasteiger partial charge in [0, 0.05) is 19.4 Å². The summed E-state index contributed by atoms with van der Waals surface area (Å²) in [7, 11) is 0. The molecule has 5 rings (SSSR count). The minimum atomic E-state index is -1.63. The summed E-state index contributed by atoms with van der Waals surface area (Å²) in [6.45, 7) is -0.520. The maximum Gasteiger partial charge on any atom is 0.246 e. The van der Waals surface area contributed by atoms with Gasteiger partial charge >= 0.3 is 0 Å². The number of nitrogens with one attached hydrogen (secondary N) is 5. The average molecular weight is 965 g/mol. The largest absolute Gasteiger partial charge is 0.508 e. The van der Waals surface area contributed by atoms with Crippen molar-refractivity contribution < 1.29 is 73.7 Å². The molecule has 0 spiro atoms. The molecule has 0 bridgehead atoms. The summed E-state index contributed by atoms with van der Waals surface area (Å²) in [4.78, 5) is 94.0. The number of phenols is 1. The number of benzene rings is 3. The highest BCUT2D eigenvalue weighted by atomic mass is 16.7. The van der Waals surface area contributed by atoms with Crippen LogP contribution in [0, 0.1) is 0 Å². The van der Waals surface area contributed by atoms with Crippen molar-refractivity contribution in [2.45, 2.75) is 106 Å². The fourth-order valence-electron chi connectivity index (χ4n) is 7.67. The van der Waals surface area contributed by atoms with Crippen LogP contribution in [0.2, 0.25) is 0 Å². The molecule has 7 amide bonds. The lowest BCUT2D eigenvalue weighted by Crippen LogP contribution is -2.60. The topological polar surface area (TPSA) is 375 Å². The van der Waals surface area contributed by atoms with E-state index >= 15 is 0 Å². The maximum absolute atomic E-state index is 14.1. The van der Waals surface area contributed by atoms with Gasteiger partial charge in [-0.2, -0.15) is 0 Å². The van der Waals surface area contributed by atoms with Gasteiger partial charge in [0.2, 0.25) is 47.6 Å². The average Bonchev–Trinajstić information content (AvgIpc) is 3.84. The fourth-order valence-corrected chi connectivity index (χ4v) is 7.67. The minimum Gasteiger partial charge on any atom is -0.508 e. The third-order valence-electron chi connectivity index (χ3n) is 11.6. The molecule has 0 unspecified atom stereocenters. The summed E-state index contributed by atoms with van der Waals surface area (Å²) in [5, 5.41) is 71.7. The Balaban J connectivity index is 1.18. The number of hydrogen-bond donors (Lipinski definition) is 13. The van der Waals surface area contributed by atoms with E-state index in [2.05, 4.69) is 26.6 Å². The molecule has 2 aliphatic rings. The lowest BCUT2D eigenvalue weighted by Gasteiger charge is -2.39. The van der Waals surface area contributed by atoms with Crippen LogP contribution in [0.1, 0.15) is 36.5 Å². The van der Waals surface area contributed by atoms with Crippen LogP contribution in [0.15, 0.2) is 78.9 Å². The van der Waals surface area contributed by atoms with Gasteiger partial charge in [0.15, 0.2) is 0 Å². The van der Waals surface area contributed by atoms with Gasteiger partial charge < -0.3 is 83.1 Å². The predicted octanol–water partition coefficient (Wildman–Crippen LogP) is -4.53. The molecule has 2 fully saturated rings. The molecule has 2 saturated heterocycles. The molecule has 374 valence electrons. The summed E-state index contributed by atoms with van der Waals surface area (Å²) in [5.74, 6) is -5.22. The standard InChI is InChI=1S/C46H60N8O15/c1-24(50-42(64)30(47)18-26-11-15-29(16-12-26)68-46-39(61)38(60)37(59)35(23-56)69-46)41(63)52-31(19-25-6-3-2-4-7-25)43(65)49-21-36(58)51-32(20-27-9-13-28(57)14-10-27)45(67)54-17-5-8-34(54)44(66)53-33(22-55)40(48)62/h2-4,6-7,9-16,24,30-35,37-39,46,55-57,59-61H,5,8,17-23,47H2,1H3,(H2,48,62)(H,49,65)(H,50,64)(H,51,58)(H,52,63)(H,53,66)/t24-,30+,31+,32+,33+,34+,35-,37-,38+,39-,46-/m1/s1. The van der Waals surface area contributed by atoms with Crippen LogP contribution < -0.4 is 42.8 Å². The first kappa shape index (κ1) is 53.2. The summed E-state index contributed by atoms with van der Waals surface area (Å²) < 4.78 is 11.0. The van der Waals surface area contributed by atoms with Gasteiger partial charge in [-0.3, -0.25) is 33.6 Å². The van der Waals surface area contributed by atoms with E-state index in [4.69, 9.17) is 20.9 Å². The Labute approximate surface area is 396 Å². The highest BCUT2D eigenvalue weighted by Gasteiger charge is 2.45. The van der Waals surface area contributed by atoms with Gasteiger partial charge in [-0.1, -0.05) is 54.6 Å². The zero-order valence-electron chi connectivity index (χ0n) is 37.7. The van der Waals surface area contributed by atoms with E-state index in [1.165, 1.54) is 36.1 Å². The van der Waals surface area contributed by atoms with Crippen molar-refractivity contribution in [2.24, 2.45) is 11.5 Å². The molecular formula is C46H60N8O15. The third kappa shape index (κ3) is 14.9. The molecule has 0 radical (unpaired) electrons. The third-order valence-corrected chi connectivity index (χ3v) is 11.6. The second-order valence-corrected chi connectivity index (χ2v) is 16.8. The molecule has 0 aliphatic carbocycles. The summed E-state index contributed by atoms with van der Waals surface area (Å²) in [6, 6.07) is 13.4.